The Morgan fingerprint density at radius 1 is 0.949 bits per heavy atom. The summed E-state index contributed by atoms with van der Waals surface area (Å²) in [4.78, 5) is 28.7. The summed E-state index contributed by atoms with van der Waals surface area (Å²) in [5, 5.41) is 3.27. The first-order valence-electron chi connectivity index (χ1n) is 13.1. The van der Waals surface area contributed by atoms with Gasteiger partial charge in [0.2, 0.25) is 11.8 Å². The molecule has 3 aromatic carbocycles. The fourth-order valence-corrected chi connectivity index (χ4v) is 6.49. The molecule has 1 atom stereocenters. The summed E-state index contributed by atoms with van der Waals surface area (Å²) in [6.07, 6.45) is 3.96. The fraction of sp³-hybridized carbons (Fsp3) is 0.333. The molecule has 1 N–H and O–H groups in total. The quantitative estimate of drug-likeness (QED) is 0.359. The molecule has 206 valence electrons. The molecule has 0 radical (unpaired) electrons. The summed E-state index contributed by atoms with van der Waals surface area (Å²) in [7, 11) is -4.15. The molecule has 0 unspecified atom stereocenters. The number of hydrogen-bond acceptors (Lipinski definition) is 4. The van der Waals surface area contributed by atoms with Crippen LogP contribution >= 0.6 is 11.6 Å². The molecule has 3 aromatic rings. The van der Waals surface area contributed by atoms with E-state index in [1.807, 2.05) is 31.2 Å². The van der Waals surface area contributed by atoms with Gasteiger partial charge < -0.3 is 10.2 Å². The highest BCUT2D eigenvalue weighted by Gasteiger charge is 2.34. The molecule has 9 heteroatoms. The van der Waals surface area contributed by atoms with E-state index in [9.17, 15) is 18.0 Å². The fourth-order valence-electron chi connectivity index (χ4n) is 4.75. The van der Waals surface area contributed by atoms with Gasteiger partial charge in [0.15, 0.2) is 0 Å². The number of carbonyl (C=O) groups excluding carboxylic acids is 2. The van der Waals surface area contributed by atoms with E-state index in [4.69, 9.17) is 11.6 Å². The average Bonchev–Trinajstić information content (AvgIpc) is 3.45. The van der Waals surface area contributed by atoms with Crippen molar-refractivity contribution in [2.75, 3.05) is 10.8 Å². The summed E-state index contributed by atoms with van der Waals surface area (Å²) < 4.78 is 28.6. The number of sulfonamides is 1. The second kappa shape index (κ2) is 12.7. The van der Waals surface area contributed by atoms with E-state index >= 15 is 0 Å². The van der Waals surface area contributed by atoms with Crippen LogP contribution in [0.2, 0.25) is 5.02 Å². The third-order valence-corrected chi connectivity index (χ3v) is 9.17. The molecule has 4 rings (SSSR count). The molecular weight excluding hydrogens is 534 g/mol. The van der Waals surface area contributed by atoms with E-state index < -0.39 is 28.5 Å². The standard InChI is InChI=1S/C30H34ClN3O4S/c1-22-16-18-24(19-17-22)20-33(23(2)30(36)32-25-10-6-7-11-25)29(35)21-34(28-15-9-8-14-27(28)31)39(37,38)26-12-4-3-5-13-26/h3-5,8-9,12-19,23,25H,6-7,10-11,20-21H2,1-2H3,(H,32,36)/t23-/m0/s1. The predicted molar refractivity (Wildman–Crippen MR) is 154 cm³/mol. The van der Waals surface area contributed by atoms with Crippen molar-refractivity contribution in [3.8, 4) is 0 Å². The number of anilines is 1. The molecule has 0 heterocycles. The summed E-state index contributed by atoms with van der Waals surface area (Å²) in [5.41, 5.74) is 2.10. The van der Waals surface area contributed by atoms with E-state index in [1.54, 1.807) is 49.4 Å². The zero-order valence-corrected chi connectivity index (χ0v) is 23.8. The topological polar surface area (TPSA) is 86.8 Å². The first-order valence-corrected chi connectivity index (χ1v) is 15.0. The first kappa shape index (κ1) is 28.6. The Morgan fingerprint density at radius 2 is 1.56 bits per heavy atom. The van der Waals surface area contributed by atoms with Crippen LogP contribution in [0.15, 0.2) is 83.8 Å². The Kier molecular flexibility index (Phi) is 9.30. The summed E-state index contributed by atoms with van der Waals surface area (Å²) in [5.74, 6) is -0.762. The van der Waals surface area contributed by atoms with Crippen molar-refractivity contribution >= 4 is 39.1 Å². The number of carbonyl (C=O) groups is 2. The maximum absolute atomic E-state index is 14.0. The SMILES string of the molecule is Cc1ccc(CN(C(=O)CN(c2ccccc2Cl)S(=O)(=O)c2ccccc2)[C@@H](C)C(=O)NC2CCCC2)cc1. The smallest absolute Gasteiger partial charge is 0.264 e. The Labute approximate surface area is 235 Å². The van der Waals surface area contributed by atoms with E-state index in [-0.39, 0.29) is 34.1 Å². The van der Waals surface area contributed by atoms with Crippen LogP contribution in [0.3, 0.4) is 0 Å². The molecule has 0 spiro atoms. The lowest BCUT2D eigenvalue weighted by molar-refractivity contribution is -0.139. The van der Waals surface area contributed by atoms with Gasteiger partial charge in [0.1, 0.15) is 12.6 Å². The van der Waals surface area contributed by atoms with Crippen molar-refractivity contribution in [3.63, 3.8) is 0 Å². The molecule has 1 aliphatic rings. The van der Waals surface area contributed by atoms with Crippen LogP contribution in [0.25, 0.3) is 0 Å². The van der Waals surface area contributed by atoms with Crippen molar-refractivity contribution in [2.24, 2.45) is 0 Å². The minimum absolute atomic E-state index is 0.0369. The van der Waals surface area contributed by atoms with Gasteiger partial charge in [-0.25, -0.2) is 8.42 Å². The van der Waals surface area contributed by atoms with Crippen LogP contribution in [-0.4, -0.2) is 43.8 Å². The number of para-hydroxylation sites is 1. The number of nitrogens with zero attached hydrogens (tertiary/aromatic N) is 2. The van der Waals surface area contributed by atoms with Gasteiger partial charge >= 0.3 is 0 Å². The van der Waals surface area contributed by atoms with Gasteiger partial charge in [0.05, 0.1) is 15.6 Å². The molecule has 7 nitrogen and oxygen atoms in total. The van der Waals surface area contributed by atoms with Gasteiger partial charge in [-0.05, 0) is 56.5 Å². The molecular formula is C30H34ClN3O4S. The molecule has 0 aliphatic heterocycles. The molecule has 1 saturated carbocycles. The van der Waals surface area contributed by atoms with Gasteiger partial charge in [0.25, 0.3) is 10.0 Å². The van der Waals surface area contributed by atoms with Crippen molar-refractivity contribution in [1.82, 2.24) is 10.2 Å². The highest BCUT2D eigenvalue weighted by Crippen LogP contribution is 2.30. The minimum Gasteiger partial charge on any atom is -0.352 e. The maximum atomic E-state index is 14.0. The lowest BCUT2D eigenvalue weighted by atomic mass is 10.1. The van der Waals surface area contributed by atoms with Gasteiger partial charge in [0, 0.05) is 12.6 Å². The van der Waals surface area contributed by atoms with Gasteiger partial charge in [-0.15, -0.1) is 0 Å². The Bertz CT molecular complexity index is 1390. The Morgan fingerprint density at radius 3 is 2.21 bits per heavy atom. The third kappa shape index (κ3) is 6.99. The number of benzene rings is 3. The van der Waals surface area contributed by atoms with Crippen LogP contribution in [-0.2, 0) is 26.2 Å². The van der Waals surface area contributed by atoms with E-state index in [1.165, 1.54) is 17.0 Å². The monoisotopic (exact) mass is 567 g/mol. The third-order valence-electron chi connectivity index (χ3n) is 7.07. The second-order valence-electron chi connectivity index (χ2n) is 9.95. The number of aryl methyl sites for hydroxylation is 1. The van der Waals surface area contributed by atoms with Crippen molar-refractivity contribution in [1.29, 1.82) is 0 Å². The molecule has 0 saturated heterocycles. The predicted octanol–water partition coefficient (Wildman–Crippen LogP) is 5.32. The normalized spacial score (nSPS) is 14.5. The summed E-state index contributed by atoms with van der Waals surface area (Å²) in [6.45, 7) is 3.29. The molecule has 2 amide bonds. The van der Waals surface area contributed by atoms with Gasteiger partial charge in [-0.1, -0.05) is 84.6 Å². The highest BCUT2D eigenvalue weighted by molar-refractivity contribution is 7.92. The number of hydrogen-bond donors (Lipinski definition) is 1. The average molecular weight is 568 g/mol. The van der Waals surface area contributed by atoms with E-state index in [0.717, 1.165) is 41.1 Å². The van der Waals surface area contributed by atoms with Crippen molar-refractivity contribution < 1.29 is 18.0 Å². The first-order chi connectivity index (χ1) is 18.7. The van der Waals surface area contributed by atoms with Crippen LogP contribution in [0, 0.1) is 6.92 Å². The van der Waals surface area contributed by atoms with Crippen molar-refractivity contribution in [3.05, 3.63) is 95.0 Å². The van der Waals surface area contributed by atoms with E-state index in [0.29, 0.717) is 0 Å². The molecule has 1 fully saturated rings. The molecule has 1 aliphatic carbocycles. The molecule has 0 bridgehead atoms. The number of rotatable bonds is 10. The Hall–Kier alpha value is -3.36. The highest BCUT2D eigenvalue weighted by atomic mass is 35.5. The van der Waals surface area contributed by atoms with Crippen LogP contribution in [0.4, 0.5) is 5.69 Å². The maximum Gasteiger partial charge on any atom is 0.264 e. The van der Waals surface area contributed by atoms with Crippen LogP contribution in [0.1, 0.15) is 43.7 Å². The second-order valence-corrected chi connectivity index (χ2v) is 12.2. The van der Waals surface area contributed by atoms with Gasteiger partial charge in [-0.2, -0.15) is 0 Å². The minimum atomic E-state index is -4.15. The summed E-state index contributed by atoms with van der Waals surface area (Å²) >= 11 is 6.43. The molecule has 39 heavy (non-hydrogen) atoms. The Balaban J connectivity index is 1.68. The summed E-state index contributed by atoms with van der Waals surface area (Å²) in [6, 6.07) is 21.4. The van der Waals surface area contributed by atoms with Crippen LogP contribution < -0.4 is 9.62 Å². The zero-order valence-electron chi connectivity index (χ0n) is 22.2. The number of halogens is 1. The number of amides is 2. The van der Waals surface area contributed by atoms with Gasteiger partial charge in [-0.3, -0.25) is 13.9 Å². The van der Waals surface area contributed by atoms with E-state index in [2.05, 4.69) is 5.32 Å². The van der Waals surface area contributed by atoms with Crippen LogP contribution in [0.5, 0.6) is 0 Å². The molecule has 0 aromatic heterocycles. The lowest BCUT2D eigenvalue weighted by Gasteiger charge is -2.32. The van der Waals surface area contributed by atoms with Crippen molar-refractivity contribution in [2.45, 2.75) is 63.1 Å². The number of nitrogens with one attached hydrogen (secondary N) is 1. The lowest BCUT2D eigenvalue weighted by Crippen LogP contribution is -2.52. The largest absolute Gasteiger partial charge is 0.352 e. The zero-order chi connectivity index (χ0) is 28.0.